The van der Waals surface area contributed by atoms with Crippen LogP contribution in [0.25, 0.3) is 0 Å². The maximum absolute atomic E-state index is 11.6. The fourth-order valence-corrected chi connectivity index (χ4v) is 1.55. The summed E-state index contributed by atoms with van der Waals surface area (Å²) in [6.07, 6.45) is 0.942. The molecule has 2 unspecified atom stereocenters. The maximum Gasteiger partial charge on any atom is 0.226 e. The van der Waals surface area contributed by atoms with E-state index in [1.807, 2.05) is 14.0 Å². The van der Waals surface area contributed by atoms with E-state index in [4.69, 9.17) is 16.3 Å². The van der Waals surface area contributed by atoms with Gasteiger partial charge in [0.05, 0.1) is 12.6 Å². The number of carbonyl (C=O) groups is 1. The maximum atomic E-state index is 11.6. The summed E-state index contributed by atoms with van der Waals surface area (Å²) in [5, 5.41) is 0. The van der Waals surface area contributed by atoms with Crippen molar-refractivity contribution in [1.29, 1.82) is 0 Å². The van der Waals surface area contributed by atoms with Gasteiger partial charge in [-0.1, -0.05) is 6.92 Å². The van der Waals surface area contributed by atoms with E-state index in [1.165, 1.54) is 0 Å². The second-order valence-corrected chi connectivity index (χ2v) is 3.83. The van der Waals surface area contributed by atoms with E-state index in [2.05, 4.69) is 0 Å². The first-order valence-corrected chi connectivity index (χ1v) is 5.10. The molecule has 0 saturated carbocycles. The second-order valence-electron chi connectivity index (χ2n) is 3.52. The highest BCUT2D eigenvalue weighted by Gasteiger charge is 2.26. The van der Waals surface area contributed by atoms with Gasteiger partial charge in [-0.15, -0.1) is 11.6 Å². The fourth-order valence-electron chi connectivity index (χ4n) is 1.42. The molecule has 1 aliphatic rings. The van der Waals surface area contributed by atoms with Crippen molar-refractivity contribution in [2.24, 2.45) is 5.92 Å². The Hall–Kier alpha value is -0.280. The normalized spacial score (nSPS) is 24.4. The zero-order valence-corrected chi connectivity index (χ0v) is 8.88. The van der Waals surface area contributed by atoms with E-state index < -0.39 is 0 Å². The van der Waals surface area contributed by atoms with Gasteiger partial charge in [0.2, 0.25) is 5.91 Å². The SMILES string of the molecule is CC(CCl)C(=O)N(C)C1CCOC1. The molecule has 13 heavy (non-hydrogen) atoms. The Balaban J connectivity index is 2.45. The Morgan fingerprint density at radius 1 is 1.77 bits per heavy atom. The van der Waals surface area contributed by atoms with Gasteiger partial charge in [-0.25, -0.2) is 0 Å². The minimum absolute atomic E-state index is 0.0905. The molecule has 1 amide bonds. The number of carbonyl (C=O) groups excluding carboxylic acids is 1. The van der Waals surface area contributed by atoms with Gasteiger partial charge < -0.3 is 9.64 Å². The number of ether oxygens (including phenoxy) is 1. The van der Waals surface area contributed by atoms with Crippen LogP contribution in [0.2, 0.25) is 0 Å². The molecule has 0 aliphatic carbocycles. The number of amides is 1. The van der Waals surface area contributed by atoms with Crippen LogP contribution in [0.15, 0.2) is 0 Å². The Labute approximate surface area is 84.0 Å². The molecule has 2 atom stereocenters. The molecule has 3 nitrogen and oxygen atoms in total. The molecule has 0 aromatic rings. The van der Waals surface area contributed by atoms with Gasteiger partial charge in [-0.05, 0) is 6.42 Å². The van der Waals surface area contributed by atoms with Crippen molar-refractivity contribution >= 4 is 17.5 Å². The lowest BCUT2D eigenvalue weighted by atomic mass is 10.1. The highest BCUT2D eigenvalue weighted by Crippen LogP contribution is 2.13. The molecular formula is C9H16ClNO2. The number of likely N-dealkylation sites (N-methyl/N-ethyl adjacent to an activating group) is 1. The smallest absolute Gasteiger partial charge is 0.226 e. The van der Waals surface area contributed by atoms with Gasteiger partial charge in [0.25, 0.3) is 0 Å². The molecule has 1 heterocycles. The van der Waals surface area contributed by atoms with Crippen LogP contribution in [0, 0.1) is 5.92 Å². The van der Waals surface area contributed by atoms with Crippen LogP contribution in [-0.2, 0) is 9.53 Å². The minimum atomic E-state index is -0.0905. The van der Waals surface area contributed by atoms with Crippen molar-refractivity contribution in [3.63, 3.8) is 0 Å². The first kappa shape index (κ1) is 10.8. The predicted molar refractivity (Wildman–Crippen MR) is 51.9 cm³/mol. The molecule has 0 aromatic heterocycles. The van der Waals surface area contributed by atoms with Crippen LogP contribution in [0.5, 0.6) is 0 Å². The van der Waals surface area contributed by atoms with Crippen LogP contribution in [0.1, 0.15) is 13.3 Å². The highest BCUT2D eigenvalue weighted by molar-refractivity contribution is 6.19. The van der Waals surface area contributed by atoms with Gasteiger partial charge in [0, 0.05) is 25.5 Å². The van der Waals surface area contributed by atoms with E-state index in [9.17, 15) is 4.79 Å². The number of nitrogens with zero attached hydrogens (tertiary/aromatic N) is 1. The molecule has 76 valence electrons. The molecular weight excluding hydrogens is 190 g/mol. The molecule has 4 heteroatoms. The Bertz CT molecular complexity index is 180. The summed E-state index contributed by atoms with van der Waals surface area (Å²) < 4.78 is 5.21. The molecule has 0 bridgehead atoms. The molecule has 0 radical (unpaired) electrons. The van der Waals surface area contributed by atoms with Gasteiger partial charge >= 0.3 is 0 Å². The topological polar surface area (TPSA) is 29.5 Å². The second kappa shape index (κ2) is 4.82. The summed E-state index contributed by atoms with van der Waals surface area (Å²) in [6, 6.07) is 0.248. The third kappa shape index (κ3) is 2.58. The Morgan fingerprint density at radius 3 is 2.92 bits per heavy atom. The number of hydrogen-bond acceptors (Lipinski definition) is 2. The van der Waals surface area contributed by atoms with E-state index in [0.717, 1.165) is 13.0 Å². The van der Waals surface area contributed by atoms with Gasteiger partial charge in [-0.3, -0.25) is 4.79 Å². The molecule has 0 N–H and O–H groups in total. The molecule has 1 aliphatic heterocycles. The standard InChI is InChI=1S/C9H16ClNO2/c1-7(5-10)9(12)11(2)8-3-4-13-6-8/h7-8H,3-6H2,1-2H3. The number of rotatable bonds is 3. The van der Waals surface area contributed by atoms with Crippen molar-refractivity contribution in [1.82, 2.24) is 4.90 Å². The van der Waals surface area contributed by atoms with Crippen LogP contribution < -0.4 is 0 Å². The minimum Gasteiger partial charge on any atom is -0.379 e. The third-order valence-electron chi connectivity index (χ3n) is 2.45. The molecule has 0 aromatic carbocycles. The lowest BCUT2D eigenvalue weighted by molar-refractivity contribution is -0.135. The van der Waals surface area contributed by atoms with Crippen molar-refractivity contribution < 1.29 is 9.53 Å². The quantitative estimate of drug-likeness (QED) is 0.646. The summed E-state index contributed by atoms with van der Waals surface area (Å²) in [7, 11) is 1.82. The first-order valence-electron chi connectivity index (χ1n) is 4.57. The van der Waals surface area contributed by atoms with Crippen molar-refractivity contribution in [3.05, 3.63) is 0 Å². The van der Waals surface area contributed by atoms with E-state index in [-0.39, 0.29) is 17.9 Å². The molecule has 1 rings (SSSR count). The largest absolute Gasteiger partial charge is 0.379 e. The summed E-state index contributed by atoms with van der Waals surface area (Å²) in [6.45, 7) is 3.27. The summed E-state index contributed by atoms with van der Waals surface area (Å²) in [4.78, 5) is 13.4. The average Bonchev–Trinajstić information content (AvgIpc) is 2.67. The number of alkyl halides is 1. The van der Waals surface area contributed by atoms with Crippen molar-refractivity contribution in [2.45, 2.75) is 19.4 Å². The fraction of sp³-hybridized carbons (Fsp3) is 0.889. The molecule has 1 saturated heterocycles. The zero-order chi connectivity index (χ0) is 9.84. The highest BCUT2D eigenvalue weighted by atomic mass is 35.5. The van der Waals surface area contributed by atoms with Crippen LogP contribution >= 0.6 is 11.6 Å². The molecule has 0 spiro atoms. The lowest BCUT2D eigenvalue weighted by Gasteiger charge is -2.25. The third-order valence-corrected chi connectivity index (χ3v) is 2.92. The summed E-state index contributed by atoms with van der Waals surface area (Å²) >= 11 is 5.62. The Morgan fingerprint density at radius 2 is 2.46 bits per heavy atom. The summed E-state index contributed by atoms with van der Waals surface area (Å²) in [5.74, 6) is 0.411. The van der Waals surface area contributed by atoms with E-state index >= 15 is 0 Å². The van der Waals surface area contributed by atoms with Crippen LogP contribution in [0.4, 0.5) is 0 Å². The summed E-state index contributed by atoms with van der Waals surface area (Å²) in [5.41, 5.74) is 0. The van der Waals surface area contributed by atoms with Crippen molar-refractivity contribution in [2.75, 3.05) is 26.1 Å². The number of halogens is 1. The van der Waals surface area contributed by atoms with Gasteiger partial charge in [-0.2, -0.15) is 0 Å². The first-order chi connectivity index (χ1) is 6.16. The monoisotopic (exact) mass is 205 g/mol. The average molecular weight is 206 g/mol. The van der Waals surface area contributed by atoms with Crippen LogP contribution in [0.3, 0.4) is 0 Å². The van der Waals surface area contributed by atoms with Crippen molar-refractivity contribution in [3.8, 4) is 0 Å². The van der Waals surface area contributed by atoms with Gasteiger partial charge in [0.1, 0.15) is 0 Å². The predicted octanol–water partition coefficient (Wildman–Crippen LogP) is 1.11. The van der Waals surface area contributed by atoms with E-state index in [1.54, 1.807) is 4.90 Å². The zero-order valence-electron chi connectivity index (χ0n) is 8.12. The lowest BCUT2D eigenvalue weighted by Crippen LogP contribution is -2.40. The number of hydrogen-bond donors (Lipinski definition) is 0. The van der Waals surface area contributed by atoms with Crippen LogP contribution in [-0.4, -0.2) is 43.0 Å². The molecule has 1 fully saturated rings. The van der Waals surface area contributed by atoms with E-state index in [0.29, 0.717) is 12.5 Å². The Kier molecular flexibility index (Phi) is 4.00. The van der Waals surface area contributed by atoms with Gasteiger partial charge in [0.15, 0.2) is 0 Å².